The number of alkyl carbamates (subject to hydrolysis) is 2. The summed E-state index contributed by atoms with van der Waals surface area (Å²) in [7, 11) is 3.07. The fraction of sp³-hybridized carbons (Fsp3) is 0.933. The molecule has 0 aromatic carbocycles. The molecule has 2 unspecified atom stereocenters. The Balaban J connectivity index is 4.82. The van der Waals surface area contributed by atoms with Crippen LogP contribution >= 0.6 is 0 Å². The van der Waals surface area contributed by atoms with Crippen LogP contribution in [0.4, 0.5) is 9.59 Å². The second-order valence-electron chi connectivity index (χ2n) is 15.5. The van der Waals surface area contributed by atoms with Gasteiger partial charge in [-0.1, -0.05) is 155 Å². The predicted molar refractivity (Wildman–Crippen MR) is 231 cm³/mol. The van der Waals surface area contributed by atoms with E-state index in [1.54, 1.807) is 0 Å². The van der Waals surface area contributed by atoms with Gasteiger partial charge in [0.05, 0.1) is 25.9 Å². The van der Waals surface area contributed by atoms with Crippen molar-refractivity contribution in [3.63, 3.8) is 0 Å². The zero-order valence-electron chi connectivity index (χ0n) is 37.3. The van der Waals surface area contributed by atoms with Gasteiger partial charge in [-0.05, 0) is 32.1 Å². The maximum absolute atomic E-state index is 13.4. The van der Waals surface area contributed by atoms with E-state index in [2.05, 4.69) is 29.8 Å². The lowest BCUT2D eigenvalue weighted by Crippen LogP contribution is -2.49. The van der Waals surface area contributed by atoms with E-state index >= 15 is 0 Å². The highest BCUT2D eigenvalue weighted by Crippen LogP contribution is 2.14. The Morgan fingerprint density at radius 2 is 0.930 bits per heavy atom. The molecule has 0 bridgehead atoms. The van der Waals surface area contributed by atoms with E-state index in [0.717, 1.165) is 25.7 Å². The van der Waals surface area contributed by atoms with Gasteiger partial charge in [-0.3, -0.25) is 4.79 Å². The third-order valence-corrected chi connectivity index (χ3v) is 10.1. The van der Waals surface area contributed by atoms with E-state index in [4.69, 9.17) is 28.4 Å². The molecule has 2 atom stereocenters. The van der Waals surface area contributed by atoms with E-state index in [1.807, 2.05) is 0 Å². The molecular weight excluding hydrogens is 727 g/mol. The summed E-state index contributed by atoms with van der Waals surface area (Å²) in [6.45, 7) is 7.73. The third kappa shape index (κ3) is 40.4. The molecule has 0 fully saturated rings. The lowest BCUT2D eigenvalue weighted by molar-refractivity contribution is -0.124. The quantitative estimate of drug-likeness (QED) is 0.0512. The fourth-order valence-electron chi connectivity index (χ4n) is 6.56. The molecule has 0 heterocycles. The van der Waals surface area contributed by atoms with Crippen molar-refractivity contribution < 1.29 is 42.8 Å². The highest BCUT2D eigenvalue weighted by Gasteiger charge is 2.22. The predicted octanol–water partition coefficient (Wildman–Crippen LogP) is 10.2. The van der Waals surface area contributed by atoms with Gasteiger partial charge in [-0.25, -0.2) is 9.59 Å². The molecule has 0 aliphatic rings. The first kappa shape index (κ1) is 54.9. The maximum Gasteiger partial charge on any atom is 0.407 e. The van der Waals surface area contributed by atoms with Crippen LogP contribution in [0.3, 0.4) is 0 Å². The summed E-state index contributed by atoms with van der Waals surface area (Å²) < 4.78 is 32.4. The summed E-state index contributed by atoms with van der Waals surface area (Å²) >= 11 is 0. The van der Waals surface area contributed by atoms with Crippen molar-refractivity contribution in [3.8, 4) is 0 Å². The molecule has 12 nitrogen and oxygen atoms in total. The van der Waals surface area contributed by atoms with E-state index < -0.39 is 18.2 Å². The minimum absolute atomic E-state index is 0.0807. The van der Waals surface area contributed by atoms with Crippen molar-refractivity contribution in [2.45, 2.75) is 199 Å². The first-order chi connectivity index (χ1) is 28.0. The highest BCUT2D eigenvalue weighted by atomic mass is 16.6. The first-order valence-electron chi connectivity index (χ1n) is 23.3. The van der Waals surface area contributed by atoms with Crippen molar-refractivity contribution in [3.05, 3.63) is 0 Å². The molecule has 3 N–H and O–H groups in total. The molecule has 0 radical (unpaired) electrons. The number of amides is 3. The summed E-state index contributed by atoms with van der Waals surface area (Å²) in [5.74, 6) is -0.314. The topological polar surface area (TPSA) is 143 Å². The van der Waals surface area contributed by atoms with E-state index in [1.165, 1.54) is 143 Å². The zero-order valence-corrected chi connectivity index (χ0v) is 37.3. The number of carbonyl (C=O) groups excluding carboxylic acids is 3. The van der Waals surface area contributed by atoms with Crippen molar-refractivity contribution in [1.29, 1.82) is 0 Å². The van der Waals surface area contributed by atoms with Crippen molar-refractivity contribution in [2.75, 3.05) is 73.6 Å². The Morgan fingerprint density at radius 1 is 0.474 bits per heavy atom. The molecule has 0 saturated carbocycles. The Kier molecular flexibility index (Phi) is 43.2. The van der Waals surface area contributed by atoms with Crippen LogP contribution in [0.2, 0.25) is 0 Å². The molecule has 0 aromatic heterocycles. The summed E-state index contributed by atoms with van der Waals surface area (Å²) in [4.78, 5) is 37.7. The van der Waals surface area contributed by atoms with Gasteiger partial charge in [0.15, 0.2) is 0 Å². The molecule has 0 saturated heterocycles. The fourth-order valence-corrected chi connectivity index (χ4v) is 6.56. The number of hydrogen-bond acceptors (Lipinski definition) is 9. The summed E-state index contributed by atoms with van der Waals surface area (Å²) in [5, 5.41) is 8.39. The molecule has 0 aromatic rings. The lowest BCUT2D eigenvalue weighted by atomic mass is 10.1. The average Bonchev–Trinajstić information content (AvgIpc) is 3.20. The average molecular weight is 816 g/mol. The monoisotopic (exact) mass is 816 g/mol. The Morgan fingerprint density at radius 3 is 1.42 bits per heavy atom. The Labute approximate surface area is 349 Å². The van der Waals surface area contributed by atoms with Crippen LogP contribution in [-0.4, -0.2) is 104 Å². The zero-order chi connectivity index (χ0) is 41.7. The van der Waals surface area contributed by atoms with Gasteiger partial charge < -0.3 is 44.4 Å². The van der Waals surface area contributed by atoms with E-state index in [0.29, 0.717) is 52.2 Å². The van der Waals surface area contributed by atoms with Crippen LogP contribution in [0, 0.1) is 0 Å². The van der Waals surface area contributed by atoms with E-state index in [9.17, 15) is 14.4 Å². The minimum atomic E-state index is -0.812. The number of ether oxygens (including phenoxy) is 6. The van der Waals surface area contributed by atoms with Gasteiger partial charge in [-0.15, -0.1) is 0 Å². The Bertz CT molecular complexity index is 883. The van der Waals surface area contributed by atoms with Crippen LogP contribution in [0.15, 0.2) is 0 Å². The molecule has 12 heteroatoms. The standard InChI is InChI=1S/C45H89N3O9/c1-5-7-9-11-13-15-17-19-21-23-25-29-33-54-40-41(55-34-30-26-24-22-20-18-16-14-12-10-8-6-2)39-47-43(49)42(48-45(51)57-38-36-53-4)31-27-28-32-46-44(50)56-37-35-52-3/h41-42H,5-40H2,1-4H3,(H,46,50)(H,47,49)(H,48,51). The number of nitrogens with one attached hydrogen (secondary N) is 3. The minimum Gasteiger partial charge on any atom is -0.447 e. The van der Waals surface area contributed by atoms with Gasteiger partial charge in [0, 0.05) is 40.5 Å². The number of unbranched alkanes of at least 4 members (excludes halogenated alkanes) is 23. The third-order valence-electron chi connectivity index (χ3n) is 10.1. The molecule has 57 heavy (non-hydrogen) atoms. The van der Waals surface area contributed by atoms with Crippen LogP contribution in [0.25, 0.3) is 0 Å². The van der Waals surface area contributed by atoms with E-state index in [-0.39, 0.29) is 38.4 Å². The SMILES string of the molecule is CCCCCCCCCCCCCCOCC(CNC(=O)C(CCCCNC(=O)OCCOC)NC(=O)OCCOC)OCCCCCCCCCCCCCC. The molecule has 0 aliphatic heterocycles. The molecular formula is C45H89N3O9. The van der Waals surface area contributed by atoms with Gasteiger partial charge in [0.2, 0.25) is 5.91 Å². The number of carbonyl (C=O) groups is 3. The smallest absolute Gasteiger partial charge is 0.407 e. The van der Waals surface area contributed by atoms with Crippen molar-refractivity contribution in [1.82, 2.24) is 16.0 Å². The summed E-state index contributed by atoms with van der Waals surface area (Å²) in [6.07, 6.45) is 31.0. The van der Waals surface area contributed by atoms with Gasteiger partial charge >= 0.3 is 12.2 Å². The number of rotatable bonds is 44. The number of methoxy groups -OCH3 is 2. The summed E-state index contributed by atoms with van der Waals surface area (Å²) in [6, 6.07) is -0.812. The number of hydrogen-bond donors (Lipinski definition) is 3. The second-order valence-corrected chi connectivity index (χ2v) is 15.5. The van der Waals surface area contributed by atoms with Gasteiger partial charge in [-0.2, -0.15) is 0 Å². The molecule has 0 spiro atoms. The van der Waals surface area contributed by atoms with Crippen LogP contribution in [0.5, 0.6) is 0 Å². The first-order valence-corrected chi connectivity index (χ1v) is 23.3. The van der Waals surface area contributed by atoms with Gasteiger partial charge in [0.25, 0.3) is 0 Å². The van der Waals surface area contributed by atoms with Crippen LogP contribution in [0.1, 0.15) is 187 Å². The van der Waals surface area contributed by atoms with Crippen molar-refractivity contribution >= 4 is 18.1 Å². The van der Waals surface area contributed by atoms with Crippen LogP contribution < -0.4 is 16.0 Å². The van der Waals surface area contributed by atoms with Crippen molar-refractivity contribution in [2.24, 2.45) is 0 Å². The molecule has 3 amide bonds. The molecule has 0 rings (SSSR count). The maximum atomic E-state index is 13.4. The Hall–Kier alpha value is -2.15. The normalized spacial score (nSPS) is 12.3. The largest absolute Gasteiger partial charge is 0.447 e. The summed E-state index contributed by atoms with van der Waals surface area (Å²) in [5.41, 5.74) is 0. The molecule has 0 aliphatic carbocycles. The van der Waals surface area contributed by atoms with Gasteiger partial charge in [0.1, 0.15) is 19.3 Å². The highest BCUT2D eigenvalue weighted by molar-refractivity contribution is 5.85. The molecule has 338 valence electrons. The lowest BCUT2D eigenvalue weighted by Gasteiger charge is -2.22. The second kappa shape index (κ2) is 44.9. The van der Waals surface area contributed by atoms with Crippen LogP contribution in [-0.2, 0) is 33.2 Å².